The molecule has 4 amide bonds. The second kappa shape index (κ2) is 14.5. The summed E-state index contributed by atoms with van der Waals surface area (Å²) in [7, 11) is 2.12. The van der Waals surface area contributed by atoms with E-state index >= 15 is 0 Å². The number of morpholine rings is 1. The first-order valence-corrected chi connectivity index (χ1v) is 15.6. The number of likely N-dealkylation sites (N-methyl/N-ethyl adjacent to an activating group) is 1. The summed E-state index contributed by atoms with van der Waals surface area (Å²) >= 11 is 0. The van der Waals surface area contributed by atoms with Crippen LogP contribution in [-0.4, -0.2) is 119 Å². The van der Waals surface area contributed by atoms with Crippen molar-refractivity contribution in [2.75, 3.05) is 93.5 Å². The molecule has 2 aromatic carbocycles. The van der Waals surface area contributed by atoms with Crippen molar-refractivity contribution < 1.29 is 14.3 Å². The van der Waals surface area contributed by atoms with Gasteiger partial charge in [0.05, 0.1) is 13.2 Å². The van der Waals surface area contributed by atoms with E-state index in [9.17, 15) is 9.59 Å². The number of carbonyl (C=O) groups excluding carboxylic acids is 2. The average Bonchev–Trinajstić information content (AvgIpc) is 3.50. The summed E-state index contributed by atoms with van der Waals surface area (Å²) in [5, 5.41) is 20.0. The van der Waals surface area contributed by atoms with Crippen LogP contribution in [0.2, 0.25) is 0 Å². The molecule has 0 atom stereocenters. The average molecular weight is 629 g/mol. The number of ether oxygens (including phenoxy) is 1. The van der Waals surface area contributed by atoms with Gasteiger partial charge in [0.2, 0.25) is 0 Å². The van der Waals surface area contributed by atoms with E-state index in [1.54, 1.807) is 28.9 Å². The second-order valence-electron chi connectivity index (χ2n) is 11.3. The van der Waals surface area contributed by atoms with Crippen LogP contribution in [0.1, 0.15) is 6.92 Å². The molecule has 242 valence electrons. The van der Waals surface area contributed by atoms with E-state index in [2.05, 4.69) is 53.3 Å². The second-order valence-corrected chi connectivity index (χ2v) is 11.3. The van der Waals surface area contributed by atoms with Gasteiger partial charge in [0, 0.05) is 81.5 Å². The molecule has 0 spiro atoms. The number of amides is 4. The first-order chi connectivity index (χ1) is 22.4. The number of benzene rings is 2. The lowest BCUT2D eigenvalue weighted by Gasteiger charge is -2.32. The molecule has 0 bridgehead atoms. The minimum absolute atomic E-state index is 0.258. The lowest BCUT2D eigenvalue weighted by Crippen LogP contribution is -2.47. The summed E-state index contributed by atoms with van der Waals surface area (Å²) in [5.41, 5.74) is 3.99. The molecule has 15 heteroatoms. The lowest BCUT2D eigenvalue weighted by molar-refractivity contribution is 0.122. The summed E-state index contributed by atoms with van der Waals surface area (Å²) in [6.45, 7) is 10.8. The van der Waals surface area contributed by atoms with Gasteiger partial charge >= 0.3 is 12.1 Å². The van der Waals surface area contributed by atoms with Crippen molar-refractivity contribution in [2.24, 2.45) is 0 Å². The summed E-state index contributed by atoms with van der Waals surface area (Å²) < 4.78 is 7.28. The number of nitrogens with one attached hydrogen (secondary N) is 4. The number of nitrogens with zero attached hydrogens (tertiary/aromatic N) is 8. The van der Waals surface area contributed by atoms with Crippen LogP contribution in [0.25, 0.3) is 22.6 Å². The molecule has 2 aromatic heterocycles. The Kier molecular flexibility index (Phi) is 9.81. The lowest BCUT2D eigenvalue weighted by atomic mass is 10.2. The molecule has 2 fully saturated rings. The van der Waals surface area contributed by atoms with E-state index in [4.69, 9.17) is 14.7 Å². The Morgan fingerprint density at radius 3 is 2.04 bits per heavy atom. The minimum atomic E-state index is -0.389. The number of hydrogen-bond donors (Lipinski definition) is 4. The van der Waals surface area contributed by atoms with Crippen molar-refractivity contribution >= 4 is 46.1 Å². The van der Waals surface area contributed by atoms with Crippen molar-refractivity contribution in [3.05, 3.63) is 48.5 Å². The first kappa shape index (κ1) is 31.1. The zero-order chi connectivity index (χ0) is 31.9. The quantitative estimate of drug-likeness (QED) is 0.217. The van der Waals surface area contributed by atoms with Crippen LogP contribution in [-0.2, 0) is 11.3 Å². The molecule has 2 aliphatic heterocycles. The van der Waals surface area contributed by atoms with Gasteiger partial charge in [0.25, 0.3) is 0 Å². The molecule has 2 aliphatic rings. The maximum atomic E-state index is 12.7. The Hall–Kier alpha value is -4.86. The topological polar surface area (TPSA) is 158 Å². The molecule has 0 unspecified atom stereocenters. The maximum Gasteiger partial charge on any atom is 0.323 e. The van der Waals surface area contributed by atoms with E-state index in [1.807, 2.05) is 31.2 Å². The van der Waals surface area contributed by atoms with Crippen LogP contribution in [0, 0.1) is 0 Å². The van der Waals surface area contributed by atoms with Crippen molar-refractivity contribution in [3.8, 4) is 11.4 Å². The molecule has 6 rings (SSSR count). The highest BCUT2D eigenvalue weighted by molar-refractivity contribution is 6.00. The van der Waals surface area contributed by atoms with E-state index in [0.29, 0.717) is 73.4 Å². The SMILES string of the molecule is CCn1nnc2c(N3CCOCC3)nc(-c3ccc(NC(=O)Nc4ccc(NC(=O)NCCN5CCN(C)CC5)cc4)cc3)nc21. The highest BCUT2D eigenvalue weighted by atomic mass is 16.5. The Balaban J connectivity index is 1.02. The standard InChI is InChI=1S/C31H40N12O3/c1-3-43-29-26(38-39-43)28(42-18-20-46-21-19-42)36-27(37-29)22-4-6-23(7-5-22)34-31(45)35-25-10-8-24(9-11-25)33-30(44)32-12-13-41-16-14-40(2)15-17-41/h4-11H,3,12-21H2,1-2H3,(H2,32,33,44)(H2,34,35,45). The third-order valence-electron chi connectivity index (χ3n) is 8.07. The molecule has 0 radical (unpaired) electrons. The largest absolute Gasteiger partial charge is 0.378 e. The third-order valence-corrected chi connectivity index (χ3v) is 8.07. The van der Waals surface area contributed by atoms with Gasteiger partial charge in [0.15, 0.2) is 22.8 Å². The van der Waals surface area contributed by atoms with E-state index in [1.165, 1.54) is 0 Å². The van der Waals surface area contributed by atoms with Crippen molar-refractivity contribution in [2.45, 2.75) is 13.5 Å². The van der Waals surface area contributed by atoms with Gasteiger partial charge in [-0.1, -0.05) is 5.21 Å². The monoisotopic (exact) mass is 628 g/mol. The Bertz CT molecular complexity index is 1630. The van der Waals surface area contributed by atoms with E-state index in [0.717, 1.165) is 44.1 Å². The van der Waals surface area contributed by atoms with Crippen LogP contribution in [0.4, 0.5) is 32.5 Å². The molecule has 4 aromatic rings. The molecule has 15 nitrogen and oxygen atoms in total. The number of carbonyl (C=O) groups is 2. The van der Waals surface area contributed by atoms with Crippen LogP contribution >= 0.6 is 0 Å². The molecule has 0 saturated carbocycles. The molecule has 0 aliphatic carbocycles. The number of piperazine rings is 1. The number of aryl methyl sites for hydroxylation is 1. The van der Waals surface area contributed by atoms with Gasteiger partial charge in [-0.05, 0) is 62.5 Å². The Morgan fingerprint density at radius 2 is 1.41 bits per heavy atom. The number of fused-ring (bicyclic) bond motifs is 1. The van der Waals surface area contributed by atoms with Gasteiger partial charge in [-0.15, -0.1) is 5.10 Å². The fourth-order valence-electron chi connectivity index (χ4n) is 5.39. The number of rotatable bonds is 9. The molecule has 4 N–H and O–H groups in total. The highest BCUT2D eigenvalue weighted by Crippen LogP contribution is 2.27. The van der Waals surface area contributed by atoms with Gasteiger partial charge in [-0.25, -0.2) is 24.2 Å². The normalized spacial score (nSPS) is 15.9. The van der Waals surface area contributed by atoms with E-state index < -0.39 is 0 Å². The molecular formula is C31H40N12O3. The maximum absolute atomic E-state index is 12.7. The van der Waals surface area contributed by atoms with Crippen LogP contribution in [0.5, 0.6) is 0 Å². The van der Waals surface area contributed by atoms with Crippen molar-refractivity contribution in [1.29, 1.82) is 0 Å². The predicted octanol–water partition coefficient (Wildman–Crippen LogP) is 2.76. The first-order valence-electron chi connectivity index (χ1n) is 15.6. The van der Waals surface area contributed by atoms with Gasteiger partial charge in [-0.3, -0.25) is 4.90 Å². The number of urea groups is 2. The summed E-state index contributed by atoms with van der Waals surface area (Å²) in [6.07, 6.45) is 0. The molecule has 46 heavy (non-hydrogen) atoms. The van der Waals surface area contributed by atoms with Crippen molar-refractivity contribution in [1.82, 2.24) is 40.1 Å². The van der Waals surface area contributed by atoms with Gasteiger partial charge in [0.1, 0.15) is 0 Å². The van der Waals surface area contributed by atoms with Crippen molar-refractivity contribution in [3.63, 3.8) is 0 Å². The van der Waals surface area contributed by atoms with Crippen LogP contribution < -0.4 is 26.2 Å². The molecule has 4 heterocycles. The Morgan fingerprint density at radius 1 is 0.804 bits per heavy atom. The fraction of sp³-hybridized carbons (Fsp3) is 0.419. The summed E-state index contributed by atoms with van der Waals surface area (Å²) in [5.74, 6) is 1.30. The summed E-state index contributed by atoms with van der Waals surface area (Å²) in [6, 6.07) is 13.7. The van der Waals surface area contributed by atoms with Gasteiger partial charge in [-0.2, -0.15) is 0 Å². The zero-order valence-corrected chi connectivity index (χ0v) is 26.2. The fourth-order valence-corrected chi connectivity index (χ4v) is 5.39. The number of hydrogen-bond acceptors (Lipinski definition) is 10. The van der Waals surface area contributed by atoms with E-state index in [-0.39, 0.29) is 12.1 Å². The van der Waals surface area contributed by atoms with Gasteiger partial charge < -0.3 is 35.8 Å². The third kappa shape index (κ3) is 7.67. The minimum Gasteiger partial charge on any atom is -0.378 e. The predicted molar refractivity (Wildman–Crippen MR) is 177 cm³/mol. The smallest absolute Gasteiger partial charge is 0.323 e. The number of aromatic nitrogens is 5. The van der Waals surface area contributed by atoms with Crippen LogP contribution in [0.15, 0.2) is 48.5 Å². The molecular weight excluding hydrogens is 588 g/mol. The molecule has 2 saturated heterocycles. The zero-order valence-electron chi connectivity index (χ0n) is 26.2. The summed E-state index contributed by atoms with van der Waals surface area (Å²) in [4.78, 5) is 41.4. The van der Waals surface area contributed by atoms with Crippen LogP contribution in [0.3, 0.4) is 0 Å². The highest BCUT2D eigenvalue weighted by Gasteiger charge is 2.22. The Labute approximate surface area is 267 Å². The number of anilines is 4.